The number of carbonyl (C=O) groups excluding carboxylic acids is 2. The van der Waals surface area contributed by atoms with Gasteiger partial charge in [0.05, 0.1) is 22.1 Å². The van der Waals surface area contributed by atoms with Crippen LogP contribution in [0.3, 0.4) is 0 Å². The third-order valence-corrected chi connectivity index (χ3v) is 6.94. The van der Waals surface area contributed by atoms with Crippen molar-refractivity contribution in [1.82, 2.24) is 9.97 Å². The molecule has 0 fully saturated rings. The summed E-state index contributed by atoms with van der Waals surface area (Å²) in [6.07, 6.45) is 4.70. The van der Waals surface area contributed by atoms with Crippen molar-refractivity contribution in [2.24, 2.45) is 0 Å². The van der Waals surface area contributed by atoms with E-state index in [1.807, 2.05) is 62.4 Å². The Hall–Kier alpha value is -4.76. The van der Waals surface area contributed by atoms with Gasteiger partial charge in [-0.15, -0.1) is 11.3 Å². The minimum atomic E-state index is -0.321. The second-order valence-corrected chi connectivity index (χ2v) is 9.74. The van der Waals surface area contributed by atoms with Crippen LogP contribution in [-0.4, -0.2) is 21.9 Å². The Balaban J connectivity index is 1.39. The number of urea groups is 1. The largest absolute Gasteiger partial charge is 0.383 e. The van der Waals surface area contributed by atoms with E-state index in [1.165, 1.54) is 17.5 Å². The van der Waals surface area contributed by atoms with Crippen LogP contribution < -0.4 is 21.7 Å². The molecule has 184 valence electrons. The number of hydrogen-bond acceptors (Lipinski definition) is 6. The summed E-state index contributed by atoms with van der Waals surface area (Å²) in [5.74, 6) is 0.112. The highest BCUT2D eigenvalue weighted by Crippen LogP contribution is 2.44. The zero-order valence-electron chi connectivity index (χ0n) is 20.2. The molecule has 2 aromatic carbocycles. The predicted molar refractivity (Wildman–Crippen MR) is 150 cm³/mol. The molecular formula is C28H24N6O2S. The number of pyridine rings is 2. The van der Waals surface area contributed by atoms with Gasteiger partial charge in [0.15, 0.2) is 0 Å². The van der Waals surface area contributed by atoms with Gasteiger partial charge in [-0.2, -0.15) is 0 Å². The van der Waals surface area contributed by atoms with E-state index < -0.39 is 0 Å². The molecule has 0 radical (unpaired) electrons. The molecule has 0 aliphatic carbocycles. The minimum Gasteiger partial charge on any atom is -0.383 e. The maximum atomic E-state index is 12.7. The first kappa shape index (κ1) is 24.0. The van der Waals surface area contributed by atoms with Crippen LogP contribution in [0.4, 0.5) is 27.7 Å². The summed E-state index contributed by atoms with van der Waals surface area (Å²) in [6, 6.07) is 18.2. The van der Waals surface area contributed by atoms with Crippen molar-refractivity contribution >= 4 is 56.2 Å². The second-order valence-electron chi connectivity index (χ2n) is 8.52. The molecule has 8 nitrogen and oxygen atoms in total. The molecule has 5 aromatic rings. The number of rotatable bonds is 5. The van der Waals surface area contributed by atoms with Crippen molar-refractivity contribution in [2.45, 2.75) is 13.8 Å². The van der Waals surface area contributed by atoms with Crippen LogP contribution >= 0.6 is 11.3 Å². The van der Waals surface area contributed by atoms with Gasteiger partial charge < -0.3 is 21.7 Å². The number of aryl methyl sites for hydroxylation is 2. The van der Waals surface area contributed by atoms with Crippen LogP contribution in [0.1, 0.15) is 20.8 Å². The van der Waals surface area contributed by atoms with E-state index >= 15 is 0 Å². The number of benzene rings is 2. The van der Waals surface area contributed by atoms with E-state index in [4.69, 9.17) is 5.73 Å². The number of nitrogens with one attached hydrogen (secondary N) is 3. The van der Waals surface area contributed by atoms with Gasteiger partial charge >= 0.3 is 6.03 Å². The highest BCUT2D eigenvalue weighted by molar-refractivity contribution is 7.20. The van der Waals surface area contributed by atoms with Crippen LogP contribution in [0, 0.1) is 13.8 Å². The molecule has 9 heteroatoms. The fraction of sp³-hybridized carbons (Fsp3) is 0.0714. The highest BCUT2D eigenvalue weighted by atomic mass is 32.1. The van der Waals surface area contributed by atoms with Crippen molar-refractivity contribution in [1.29, 1.82) is 0 Å². The normalized spacial score (nSPS) is 10.8. The number of anilines is 4. The van der Waals surface area contributed by atoms with Crippen molar-refractivity contribution in [3.8, 4) is 11.1 Å². The van der Waals surface area contributed by atoms with Crippen molar-refractivity contribution in [2.75, 3.05) is 21.7 Å². The first-order valence-electron chi connectivity index (χ1n) is 11.5. The molecule has 0 atom stereocenters. The molecule has 0 saturated heterocycles. The lowest BCUT2D eigenvalue weighted by Crippen LogP contribution is -2.19. The molecule has 0 unspecified atom stereocenters. The van der Waals surface area contributed by atoms with Gasteiger partial charge in [0.1, 0.15) is 5.82 Å². The number of carbonyl (C=O) groups is 2. The number of nitrogens with two attached hydrogens (primary N) is 1. The molecule has 3 amide bonds. The fourth-order valence-electron chi connectivity index (χ4n) is 4.10. The van der Waals surface area contributed by atoms with Gasteiger partial charge in [0, 0.05) is 39.6 Å². The summed E-state index contributed by atoms with van der Waals surface area (Å²) in [6.45, 7) is 3.98. The SMILES string of the molecule is Cc1cccc(NC(=O)Nc2ccc(-c3c(C)sc4c(NC(=O)c5cccnc5)cnc(N)c34)cc2)c1. The maximum absolute atomic E-state index is 12.7. The van der Waals surface area contributed by atoms with E-state index in [1.54, 1.807) is 24.5 Å². The summed E-state index contributed by atoms with van der Waals surface area (Å²) in [5, 5.41) is 9.41. The average molecular weight is 509 g/mol. The first-order valence-corrected chi connectivity index (χ1v) is 12.3. The van der Waals surface area contributed by atoms with E-state index in [0.29, 0.717) is 22.8 Å². The Kier molecular flexibility index (Phi) is 6.53. The fourth-order valence-corrected chi connectivity index (χ4v) is 5.25. The summed E-state index contributed by atoms with van der Waals surface area (Å²) < 4.78 is 0.844. The smallest absolute Gasteiger partial charge is 0.323 e. The Morgan fingerprint density at radius 3 is 2.41 bits per heavy atom. The molecule has 3 heterocycles. The van der Waals surface area contributed by atoms with Gasteiger partial charge in [0.2, 0.25) is 0 Å². The monoisotopic (exact) mass is 508 g/mol. The van der Waals surface area contributed by atoms with Gasteiger partial charge in [0.25, 0.3) is 5.91 Å². The van der Waals surface area contributed by atoms with E-state index in [2.05, 4.69) is 25.9 Å². The van der Waals surface area contributed by atoms with Gasteiger partial charge in [-0.05, 0) is 61.4 Å². The highest BCUT2D eigenvalue weighted by Gasteiger charge is 2.19. The summed E-state index contributed by atoms with van der Waals surface area (Å²) in [5.41, 5.74) is 11.7. The van der Waals surface area contributed by atoms with Gasteiger partial charge in [-0.25, -0.2) is 9.78 Å². The van der Waals surface area contributed by atoms with E-state index in [9.17, 15) is 9.59 Å². The zero-order chi connectivity index (χ0) is 25.9. The van der Waals surface area contributed by atoms with Gasteiger partial charge in [-0.1, -0.05) is 24.3 Å². The molecule has 3 aromatic heterocycles. The molecule has 5 rings (SSSR count). The molecule has 0 saturated carbocycles. The number of hydrogen-bond donors (Lipinski definition) is 4. The standard InChI is InChI=1S/C28H24N6O2S/c1-16-5-3-7-21(13-16)33-28(36)32-20-10-8-18(9-11-20)23-17(2)37-25-22(15-31-26(29)24(23)25)34-27(35)19-6-4-12-30-14-19/h3-15H,1-2H3,(H2,29,31)(H,34,35)(H2,32,33,36). The number of amides is 3. The van der Waals surface area contributed by atoms with Crippen molar-refractivity contribution in [3.63, 3.8) is 0 Å². The van der Waals surface area contributed by atoms with E-state index in [-0.39, 0.29) is 11.9 Å². The molecule has 5 N–H and O–H groups in total. The van der Waals surface area contributed by atoms with E-state index in [0.717, 1.165) is 37.3 Å². The van der Waals surface area contributed by atoms with Crippen LogP contribution in [0.2, 0.25) is 0 Å². The summed E-state index contributed by atoms with van der Waals surface area (Å²) in [4.78, 5) is 34.5. The molecule has 0 aliphatic heterocycles. The molecule has 37 heavy (non-hydrogen) atoms. The molecule has 0 bridgehead atoms. The Bertz CT molecular complexity index is 1610. The first-order chi connectivity index (χ1) is 17.9. The molecule has 0 spiro atoms. The van der Waals surface area contributed by atoms with Crippen molar-refractivity contribution in [3.05, 3.63) is 95.3 Å². The molecule has 0 aliphatic rings. The number of nitrogens with zero attached hydrogens (tertiary/aromatic N) is 2. The maximum Gasteiger partial charge on any atom is 0.323 e. The number of thiophene rings is 1. The third-order valence-electron chi connectivity index (χ3n) is 5.80. The van der Waals surface area contributed by atoms with Crippen LogP contribution in [-0.2, 0) is 0 Å². The average Bonchev–Trinajstić information content (AvgIpc) is 3.24. The lowest BCUT2D eigenvalue weighted by Gasteiger charge is -2.10. The lowest BCUT2D eigenvalue weighted by molar-refractivity contribution is 0.102. The Morgan fingerprint density at radius 2 is 1.68 bits per heavy atom. The minimum absolute atomic E-state index is 0.270. The number of aromatic nitrogens is 2. The van der Waals surface area contributed by atoms with Crippen LogP contribution in [0.5, 0.6) is 0 Å². The lowest BCUT2D eigenvalue weighted by atomic mass is 10.0. The van der Waals surface area contributed by atoms with Crippen molar-refractivity contribution < 1.29 is 9.59 Å². The zero-order valence-corrected chi connectivity index (χ0v) is 21.0. The van der Waals surface area contributed by atoms with Gasteiger partial charge in [-0.3, -0.25) is 9.78 Å². The third kappa shape index (κ3) is 5.12. The summed E-state index contributed by atoms with van der Waals surface area (Å²) in [7, 11) is 0. The quantitative estimate of drug-likeness (QED) is 0.217. The molecular weight excluding hydrogens is 484 g/mol. The summed E-state index contributed by atoms with van der Waals surface area (Å²) >= 11 is 1.54. The van der Waals surface area contributed by atoms with Crippen LogP contribution in [0.15, 0.2) is 79.3 Å². The Labute approximate surface area is 217 Å². The topological polar surface area (TPSA) is 122 Å². The second kappa shape index (κ2) is 10.1. The van der Waals surface area contributed by atoms with Crippen LogP contribution in [0.25, 0.3) is 21.2 Å². The predicted octanol–water partition coefficient (Wildman–Crippen LogP) is 6.45. The number of nitrogen functional groups attached to an aromatic ring is 1. The number of fused-ring (bicyclic) bond motifs is 1. The Morgan fingerprint density at radius 1 is 0.892 bits per heavy atom.